The van der Waals surface area contributed by atoms with Gasteiger partial charge in [0.25, 0.3) is 11.7 Å². The maximum atomic E-state index is 13.1. The number of Topliss-reactive ketones (excluding diaryl/α,β-unsaturated/α-hetero) is 1. The molecular weight excluding hydrogens is 424 g/mol. The van der Waals surface area contributed by atoms with Crippen LogP contribution in [0.5, 0.6) is 17.2 Å². The highest BCUT2D eigenvalue weighted by atomic mass is 16.5. The lowest BCUT2D eigenvalue weighted by atomic mass is 9.95. The van der Waals surface area contributed by atoms with Crippen LogP contribution >= 0.6 is 0 Å². The van der Waals surface area contributed by atoms with Gasteiger partial charge in [-0.2, -0.15) is 0 Å². The molecule has 0 aliphatic carbocycles. The number of ether oxygens (including phenoxy) is 3. The van der Waals surface area contributed by atoms with Crippen molar-refractivity contribution in [3.05, 3.63) is 59.2 Å². The Labute approximate surface area is 194 Å². The lowest BCUT2D eigenvalue weighted by Crippen LogP contribution is -2.32. The van der Waals surface area contributed by atoms with Gasteiger partial charge in [-0.05, 0) is 63.0 Å². The van der Waals surface area contributed by atoms with Gasteiger partial charge in [-0.1, -0.05) is 12.1 Å². The number of likely N-dealkylation sites (tertiary alicyclic amines) is 1. The summed E-state index contributed by atoms with van der Waals surface area (Å²) in [6, 6.07) is 11.3. The molecule has 8 nitrogen and oxygen atoms in total. The van der Waals surface area contributed by atoms with E-state index in [1.165, 1.54) is 19.1 Å². The number of hydrogen-bond acceptors (Lipinski definition) is 7. The van der Waals surface area contributed by atoms with E-state index in [0.717, 1.165) is 6.54 Å². The molecule has 33 heavy (non-hydrogen) atoms. The lowest BCUT2D eigenvalue weighted by Gasteiger charge is -2.26. The molecule has 2 aromatic carbocycles. The molecule has 3 rings (SSSR count). The van der Waals surface area contributed by atoms with E-state index >= 15 is 0 Å². The van der Waals surface area contributed by atoms with Gasteiger partial charge in [-0.15, -0.1) is 0 Å². The highest BCUT2D eigenvalue weighted by molar-refractivity contribution is 6.46. The zero-order valence-corrected chi connectivity index (χ0v) is 19.6. The molecule has 1 heterocycles. The highest BCUT2D eigenvalue weighted by Gasteiger charge is 2.46. The first-order valence-electron chi connectivity index (χ1n) is 10.6. The number of nitrogens with zero attached hydrogens (tertiary/aromatic N) is 2. The molecule has 1 fully saturated rings. The molecule has 0 unspecified atom stereocenters. The Morgan fingerprint density at radius 2 is 1.73 bits per heavy atom. The van der Waals surface area contributed by atoms with Gasteiger partial charge in [-0.3, -0.25) is 9.59 Å². The Kier molecular flexibility index (Phi) is 7.60. The van der Waals surface area contributed by atoms with Crippen molar-refractivity contribution in [2.45, 2.75) is 12.5 Å². The van der Waals surface area contributed by atoms with Crippen LogP contribution in [0.1, 0.15) is 23.6 Å². The third-order valence-corrected chi connectivity index (χ3v) is 5.61. The zero-order valence-electron chi connectivity index (χ0n) is 19.6. The van der Waals surface area contributed by atoms with Gasteiger partial charge >= 0.3 is 0 Å². The zero-order chi connectivity index (χ0) is 24.1. The predicted octanol–water partition coefficient (Wildman–Crippen LogP) is 3.09. The second-order valence-electron chi connectivity index (χ2n) is 8.00. The lowest BCUT2D eigenvalue weighted by molar-refractivity contribution is -0.139. The van der Waals surface area contributed by atoms with Crippen molar-refractivity contribution in [3.8, 4) is 17.2 Å². The van der Waals surface area contributed by atoms with Crippen LogP contribution in [-0.4, -0.2) is 75.1 Å². The van der Waals surface area contributed by atoms with Gasteiger partial charge in [-0.25, -0.2) is 0 Å². The molecule has 8 heteroatoms. The van der Waals surface area contributed by atoms with Crippen LogP contribution in [-0.2, 0) is 9.59 Å². The van der Waals surface area contributed by atoms with Gasteiger partial charge in [0.05, 0.1) is 32.9 Å². The summed E-state index contributed by atoms with van der Waals surface area (Å²) in [6.45, 7) is 1.12. The molecule has 1 N–H and O–H groups in total. The Balaban J connectivity index is 2.14. The first-order chi connectivity index (χ1) is 15.8. The Bertz CT molecular complexity index is 1060. The second kappa shape index (κ2) is 10.4. The number of carbonyl (C=O) groups is 2. The molecule has 1 aliphatic heterocycles. The van der Waals surface area contributed by atoms with Crippen LogP contribution < -0.4 is 14.2 Å². The monoisotopic (exact) mass is 454 g/mol. The minimum Gasteiger partial charge on any atom is -0.507 e. The predicted molar refractivity (Wildman–Crippen MR) is 125 cm³/mol. The van der Waals surface area contributed by atoms with E-state index in [1.807, 2.05) is 25.1 Å². The van der Waals surface area contributed by atoms with E-state index in [9.17, 15) is 14.7 Å². The van der Waals surface area contributed by atoms with Gasteiger partial charge in [0.15, 0.2) is 11.5 Å². The van der Waals surface area contributed by atoms with E-state index in [2.05, 4.69) is 0 Å². The Hall–Kier alpha value is -3.52. The van der Waals surface area contributed by atoms with Crippen LogP contribution in [0.25, 0.3) is 5.76 Å². The summed E-state index contributed by atoms with van der Waals surface area (Å²) < 4.78 is 15.9. The van der Waals surface area contributed by atoms with Crippen LogP contribution in [0.3, 0.4) is 0 Å². The molecule has 0 aromatic heterocycles. The number of aliphatic hydroxyl groups is 1. The number of carbonyl (C=O) groups excluding carboxylic acids is 2. The van der Waals surface area contributed by atoms with Gasteiger partial charge in [0, 0.05) is 12.1 Å². The molecule has 176 valence electrons. The van der Waals surface area contributed by atoms with E-state index < -0.39 is 17.7 Å². The maximum absolute atomic E-state index is 13.1. The Morgan fingerprint density at radius 3 is 2.36 bits per heavy atom. The molecule has 0 bridgehead atoms. The van der Waals surface area contributed by atoms with Crippen molar-refractivity contribution in [2.24, 2.45) is 0 Å². The molecule has 1 aliphatic rings. The fourth-order valence-electron chi connectivity index (χ4n) is 3.97. The third kappa shape index (κ3) is 4.96. The number of hydrogen-bond donors (Lipinski definition) is 1. The normalized spacial score (nSPS) is 17.5. The van der Waals surface area contributed by atoms with Crippen molar-refractivity contribution in [1.82, 2.24) is 9.80 Å². The summed E-state index contributed by atoms with van der Waals surface area (Å²) in [4.78, 5) is 29.7. The molecule has 1 amide bonds. The van der Waals surface area contributed by atoms with Crippen LogP contribution in [0, 0.1) is 0 Å². The summed E-state index contributed by atoms with van der Waals surface area (Å²) in [6.07, 6.45) is 0.677. The first kappa shape index (κ1) is 24.1. The molecule has 0 radical (unpaired) electrons. The minimum atomic E-state index is -0.740. The molecule has 1 atom stereocenters. The SMILES string of the molecule is COc1cccc([C@@H]2C(=C(O)c3ccc(OC)c(OC)c3)C(=O)C(=O)N2CCCN(C)C)c1. The second-order valence-corrected chi connectivity index (χ2v) is 8.00. The average Bonchev–Trinajstić information content (AvgIpc) is 3.07. The number of amides is 1. The maximum Gasteiger partial charge on any atom is 0.295 e. The standard InChI is InChI=1S/C25H30N2O6/c1-26(2)12-7-13-27-22(16-8-6-9-18(14-16)31-3)21(24(29)25(27)30)23(28)17-10-11-19(32-4)20(15-17)33-5/h6,8-11,14-15,22,28H,7,12-13H2,1-5H3/t22-/m1/s1. The Morgan fingerprint density at radius 1 is 1.00 bits per heavy atom. The number of methoxy groups -OCH3 is 3. The van der Waals surface area contributed by atoms with E-state index in [-0.39, 0.29) is 11.3 Å². The number of aliphatic hydroxyl groups excluding tert-OH is 1. The molecule has 2 aromatic rings. The summed E-state index contributed by atoms with van der Waals surface area (Å²) in [5.74, 6) is -0.138. The highest BCUT2D eigenvalue weighted by Crippen LogP contribution is 2.41. The van der Waals surface area contributed by atoms with Gasteiger partial charge in [0.2, 0.25) is 0 Å². The summed E-state index contributed by atoms with van der Waals surface area (Å²) in [7, 11) is 8.45. The summed E-state index contributed by atoms with van der Waals surface area (Å²) in [5, 5.41) is 11.2. The molecule has 0 saturated carbocycles. The van der Waals surface area contributed by atoms with Crippen molar-refractivity contribution in [3.63, 3.8) is 0 Å². The van der Waals surface area contributed by atoms with E-state index in [4.69, 9.17) is 14.2 Å². The first-order valence-corrected chi connectivity index (χ1v) is 10.6. The smallest absolute Gasteiger partial charge is 0.295 e. The fourth-order valence-corrected chi connectivity index (χ4v) is 3.97. The fraction of sp³-hybridized carbons (Fsp3) is 0.360. The van der Waals surface area contributed by atoms with Crippen molar-refractivity contribution >= 4 is 17.4 Å². The molecular formula is C25H30N2O6. The molecule has 0 spiro atoms. The van der Waals surface area contributed by atoms with Crippen molar-refractivity contribution in [2.75, 3.05) is 48.5 Å². The number of ketones is 1. The average molecular weight is 455 g/mol. The quantitative estimate of drug-likeness (QED) is 0.354. The number of benzene rings is 2. The topological polar surface area (TPSA) is 88.5 Å². The van der Waals surface area contributed by atoms with Crippen LogP contribution in [0.4, 0.5) is 0 Å². The van der Waals surface area contributed by atoms with Crippen molar-refractivity contribution < 1.29 is 28.9 Å². The largest absolute Gasteiger partial charge is 0.507 e. The number of rotatable bonds is 9. The van der Waals surface area contributed by atoms with Crippen molar-refractivity contribution in [1.29, 1.82) is 0 Å². The van der Waals surface area contributed by atoms with Crippen LogP contribution in [0.2, 0.25) is 0 Å². The summed E-state index contributed by atoms with van der Waals surface area (Å²) >= 11 is 0. The summed E-state index contributed by atoms with van der Waals surface area (Å²) in [5.41, 5.74) is 1.07. The van der Waals surface area contributed by atoms with E-state index in [0.29, 0.717) is 41.3 Å². The minimum absolute atomic E-state index is 0.0327. The van der Waals surface area contributed by atoms with Gasteiger partial charge < -0.3 is 29.1 Å². The van der Waals surface area contributed by atoms with Gasteiger partial charge in [0.1, 0.15) is 11.5 Å². The van der Waals surface area contributed by atoms with Crippen LogP contribution in [0.15, 0.2) is 48.0 Å². The molecule has 1 saturated heterocycles. The van der Waals surface area contributed by atoms with E-state index in [1.54, 1.807) is 43.5 Å². The third-order valence-electron chi connectivity index (χ3n) is 5.61.